The number of para-hydroxylation sites is 1. The van der Waals surface area contributed by atoms with Crippen LogP contribution in [0.1, 0.15) is 32.6 Å². The van der Waals surface area contributed by atoms with Gasteiger partial charge in [0.2, 0.25) is 15.9 Å². The van der Waals surface area contributed by atoms with Crippen LogP contribution in [0.15, 0.2) is 28.7 Å². The average molecular weight is 391 g/mol. The predicted octanol–water partition coefficient (Wildman–Crippen LogP) is 3.23. The number of nitrogens with zero attached hydrogens (tertiary/aromatic N) is 1. The molecule has 1 aromatic carbocycles. The Morgan fingerprint density at radius 3 is 2.50 bits per heavy atom. The first-order valence-electron chi connectivity index (χ1n) is 7.34. The fraction of sp³-hybridized carbons (Fsp3) is 0.533. The van der Waals surface area contributed by atoms with E-state index in [-0.39, 0.29) is 18.9 Å². The third-order valence-electron chi connectivity index (χ3n) is 3.22. The Hall–Kier alpha value is -0.920. The van der Waals surface area contributed by atoms with Crippen molar-refractivity contribution in [2.24, 2.45) is 0 Å². The molecule has 0 saturated carbocycles. The van der Waals surface area contributed by atoms with E-state index in [0.717, 1.165) is 23.7 Å². The highest BCUT2D eigenvalue weighted by Crippen LogP contribution is 2.21. The van der Waals surface area contributed by atoms with Crippen LogP contribution in [0.4, 0.5) is 5.69 Å². The Morgan fingerprint density at radius 2 is 1.91 bits per heavy atom. The molecule has 1 aromatic rings. The molecule has 0 fully saturated rings. The molecule has 0 aromatic heterocycles. The van der Waals surface area contributed by atoms with Crippen LogP contribution in [0.3, 0.4) is 0 Å². The highest BCUT2D eigenvalue weighted by atomic mass is 79.9. The topological polar surface area (TPSA) is 66.5 Å². The lowest BCUT2D eigenvalue weighted by atomic mass is 10.2. The maximum Gasteiger partial charge on any atom is 0.225 e. The SMILES string of the molecule is CCCCCN(CCC(=O)Nc1ccccc1Br)S(C)(=O)=O. The Balaban J connectivity index is 2.53. The average Bonchev–Trinajstić information content (AvgIpc) is 2.44. The second kappa shape index (κ2) is 9.27. The number of hydrogen-bond donors (Lipinski definition) is 1. The third kappa shape index (κ3) is 6.89. The van der Waals surface area contributed by atoms with E-state index in [1.807, 2.05) is 18.2 Å². The molecule has 1 amide bonds. The van der Waals surface area contributed by atoms with Crippen LogP contribution in [0.25, 0.3) is 0 Å². The van der Waals surface area contributed by atoms with Crippen molar-refractivity contribution in [3.63, 3.8) is 0 Å². The highest BCUT2D eigenvalue weighted by Gasteiger charge is 2.17. The molecule has 0 spiro atoms. The first-order chi connectivity index (χ1) is 10.3. The second-order valence-corrected chi connectivity index (χ2v) is 7.98. The fourth-order valence-electron chi connectivity index (χ4n) is 1.98. The summed E-state index contributed by atoms with van der Waals surface area (Å²) in [7, 11) is -3.28. The van der Waals surface area contributed by atoms with Crippen LogP contribution in [0.2, 0.25) is 0 Å². The normalized spacial score (nSPS) is 11.6. The smallest absolute Gasteiger partial charge is 0.225 e. The van der Waals surface area contributed by atoms with Crippen LogP contribution in [-0.4, -0.2) is 38.0 Å². The Morgan fingerprint density at radius 1 is 1.23 bits per heavy atom. The van der Waals surface area contributed by atoms with Crippen LogP contribution in [-0.2, 0) is 14.8 Å². The van der Waals surface area contributed by atoms with Gasteiger partial charge < -0.3 is 5.32 Å². The van der Waals surface area contributed by atoms with E-state index in [9.17, 15) is 13.2 Å². The summed E-state index contributed by atoms with van der Waals surface area (Å²) < 4.78 is 25.6. The van der Waals surface area contributed by atoms with E-state index < -0.39 is 10.0 Å². The van der Waals surface area contributed by atoms with Gasteiger partial charge in [-0.2, -0.15) is 0 Å². The fourth-order valence-corrected chi connectivity index (χ4v) is 3.25. The quantitative estimate of drug-likeness (QED) is 0.658. The van der Waals surface area contributed by atoms with E-state index in [1.54, 1.807) is 6.07 Å². The van der Waals surface area contributed by atoms with Gasteiger partial charge in [-0.15, -0.1) is 0 Å². The van der Waals surface area contributed by atoms with Crippen LogP contribution in [0.5, 0.6) is 0 Å². The lowest BCUT2D eigenvalue weighted by molar-refractivity contribution is -0.116. The van der Waals surface area contributed by atoms with Crippen molar-refractivity contribution >= 4 is 37.5 Å². The number of benzene rings is 1. The summed E-state index contributed by atoms with van der Waals surface area (Å²) >= 11 is 3.36. The van der Waals surface area contributed by atoms with Gasteiger partial charge in [0.25, 0.3) is 0 Å². The molecule has 124 valence electrons. The number of sulfonamides is 1. The predicted molar refractivity (Wildman–Crippen MR) is 93.3 cm³/mol. The van der Waals surface area contributed by atoms with Gasteiger partial charge in [-0.3, -0.25) is 4.79 Å². The Labute approximate surface area is 141 Å². The number of hydrogen-bond acceptors (Lipinski definition) is 3. The molecule has 0 saturated heterocycles. The van der Waals surface area contributed by atoms with Gasteiger partial charge in [0.1, 0.15) is 0 Å². The summed E-state index contributed by atoms with van der Waals surface area (Å²) in [6.45, 7) is 2.74. The van der Waals surface area contributed by atoms with Gasteiger partial charge in [0.05, 0.1) is 11.9 Å². The minimum absolute atomic E-state index is 0.139. The van der Waals surface area contributed by atoms with Gasteiger partial charge in [0, 0.05) is 24.0 Å². The summed E-state index contributed by atoms with van der Waals surface area (Å²) in [4.78, 5) is 12.0. The molecule has 1 rings (SSSR count). The lowest BCUT2D eigenvalue weighted by Crippen LogP contribution is -2.33. The number of carbonyl (C=O) groups is 1. The monoisotopic (exact) mass is 390 g/mol. The van der Waals surface area contributed by atoms with Crippen molar-refractivity contribution in [1.82, 2.24) is 4.31 Å². The number of anilines is 1. The first-order valence-corrected chi connectivity index (χ1v) is 9.98. The molecule has 0 bridgehead atoms. The van der Waals surface area contributed by atoms with Crippen molar-refractivity contribution in [2.45, 2.75) is 32.6 Å². The van der Waals surface area contributed by atoms with Crippen LogP contribution in [0, 0.1) is 0 Å². The molecular weight excluding hydrogens is 368 g/mol. The zero-order valence-corrected chi connectivity index (χ0v) is 15.4. The molecule has 0 radical (unpaired) electrons. The minimum atomic E-state index is -3.28. The molecule has 0 atom stereocenters. The van der Waals surface area contributed by atoms with Gasteiger partial charge in [-0.05, 0) is 34.5 Å². The van der Waals surface area contributed by atoms with Crippen molar-refractivity contribution in [2.75, 3.05) is 24.7 Å². The summed E-state index contributed by atoms with van der Waals surface area (Å²) in [6.07, 6.45) is 4.15. The number of rotatable bonds is 9. The molecule has 22 heavy (non-hydrogen) atoms. The van der Waals surface area contributed by atoms with Gasteiger partial charge in [0.15, 0.2) is 0 Å². The highest BCUT2D eigenvalue weighted by molar-refractivity contribution is 9.10. The zero-order chi connectivity index (χ0) is 16.6. The van der Waals surface area contributed by atoms with Gasteiger partial charge in [-0.25, -0.2) is 12.7 Å². The van der Waals surface area contributed by atoms with Crippen molar-refractivity contribution in [1.29, 1.82) is 0 Å². The standard InChI is InChI=1S/C15H23BrN2O3S/c1-3-4-7-11-18(22(2,20)21)12-10-15(19)17-14-9-6-5-8-13(14)16/h5-6,8-9H,3-4,7,10-12H2,1-2H3,(H,17,19). The van der Waals surface area contributed by atoms with E-state index in [4.69, 9.17) is 0 Å². The molecule has 0 aliphatic heterocycles. The van der Waals surface area contributed by atoms with Crippen LogP contribution < -0.4 is 5.32 Å². The summed E-state index contributed by atoms with van der Waals surface area (Å²) in [5.74, 6) is -0.198. The van der Waals surface area contributed by atoms with E-state index in [1.165, 1.54) is 10.6 Å². The molecule has 1 N–H and O–H groups in total. The number of unbranched alkanes of at least 4 members (excludes halogenated alkanes) is 2. The van der Waals surface area contributed by atoms with E-state index in [0.29, 0.717) is 12.2 Å². The Kier molecular flexibility index (Phi) is 8.06. The van der Waals surface area contributed by atoms with Gasteiger partial charge in [-0.1, -0.05) is 31.9 Å². The molecule has 0 unspecified atom stereocenters. The van der Waals surface area contributed by atoms with Crippen molar-refractivity contribution < 1.29 is 13.2 Å². The van der Waals surface area contributed by atoms with E-state index >= 15 is 0 Å². The molecule has 0 aliphatic carbocycles. The zero-order valence-electron chi connectivity index (χ0n) is 13.0. The van der Waals surface area contributed by atoms with Crippen LogP contribution >= 0.6 is 15.9 Å². The number of carbonyl (C=O) groups excluding carboxylic acids is 1. The van der Waals surface area contributed by atoms with Crippen molar-refractivity contribution in [3.8, 4) is 0 Å². The summed E-state index contributed by atoms with van der Waals surface area (Å²) in [5, 5.41) is 2.78. The Bertz CT molecular complexity index is 590. The van der Waals surface area contributed by atoms with Gasteiger partial charge >= 0.3 is 0 Å². The van der Waals surface area contributed by atoms with E-state index in [2.05, 4.69) is 28.2 Å². The summed E-state index contributed by atoms with van der Waals surface area (Å²) in [5.41, 5.74) is 0.685. The lowest BCUT2D eigenvalue weighted by Gasteiger charge is -2.19. The first kappa shape index (κ1) is 19.1. The molecule has 5 nitrogen and oxygen atoms in total. The maximum absolute atomic E-state index is 12.0. The molecule has 0 aliphatic rings. The number of halogens is 1. The maximum atomic E-state index is 12.0. The summed E-state index contributed by atoms with van der Waals surface area (Å²) in [6, 6.07) is 7.31. The largest absolute Gasteiger partial charge is 0.325 e. The van der Waals surface area contributed by atoms with Crippen molar-refractivity contribution in [3.05, 3.63) is 28.7 Å². The molecule has 0 heterocycles. The third-order valence-corrected chi connectivity index (χ3v) is 5.21. The second-order valence-electron chi connectivity index (χ2n) is 5.15. The molecule has 7 heteroatoms. The number of amides is 1. The molecular formula is C15H23BrN2O3S. The minimum Gasteiger partial charge on any atom is -0.325 e. The number of nitrogens with one attached hydrogen (secondary N) is 1.